The van der Waals surface area contributed by atoms with E-state index in [0.29, 0.717) is 6.54 Å². The van der Waals surface area contributed by atoms with E-state index < -0.39 is 5.97 Å². The van der Waals surface area contributed by atoms with E-state index in [1.165, 1.54) is 0 Å². The van der Waals surface area contributed by atoms with Gasteiger partial charge >= 0.3 is 5.97 Å². The van der Waals surface area contributed by atoms with Gasteiger partial charge in [0.05, 0.1) is 11.6 Å². The molecule has 0 aliphatic carbocycles. The fourth-order valence-electron chi connectivity index (χ4n) is 2.34. The molecular formula is C13H18N2O2. The van der Waals surface area contributed by atoms with Crippen LogP contribution < -0.4 is 0 Å². The van der Waals surface area contributed by atoms with Crippen molar-refractivity contribution >= 4 is 5.97 Å². The number of hydrogen-bond acceptors (Lipinski definition) is 3. The molecule has 4 nitrogen and oxygen atoms in total. The summed E-state index contributed by atoms with van der Waals surface area (Å²) < 4.78 is 0. The van der Waals surface area contributed by atoms with E-state index in [9.17, 15) is 4.79 Å². The average Bonchev–Trinajstić information content (AvgIpc) is 2.63. The molecule has 4 heteroatoms. The molecule has 1 saturated heterocycles. The number of pyridine rings is 1. The third-order valence-electron chi connectivity index (χ3n) is 3.36. The zero-order valence-electron chi connectivity index (χ0n) is 10.3. The van der Waals surface area contributed by atoms with Gasteiger partial charge in [-0.25, -0.2) is 0 Å². The topological polar surface area (TPSA) is 53.4 Å². The van der Waals surface area contributed by atoms with Crippen LogP contribution in [0.4, 0.5) is 0 Å². The molecule has 0 aromatic carbocycles. The Labute approximate surface area is 101 Å². The predicted octanol–water partition coefficient (Wildman–Crippen LogP) is 1.54. The maximum Gasteiger partial charge on any atom is 0.308 e. The van der Waals surface area contributed by atoms with Crippen molar-refractivity contribution in [2.24, 2.45) is 11.8 Å². The highest BCUT2D eigenvalue weighted by Crippen LogP contribution is 2.24. The Morgan fingerprint density at radius 1 is 1.53 bits per heavy atom. The van der Waals surface area contributed by atoms with Crippen molar-refractivity contribution in [2.45, 2.75) is 20.4 Å². The van der Waals surface area contributed by atoms with Crippen LogP contribution in [0.3, 0.4) is 0 Å². The van der Waals surface area contributed by atoms with E-state index in [4.69, 9.17) is 5.11 Å². The van der Waals surface area contributed by atoms with Crippen LogP contribution in [0.15, 0.2) is 18.3 Å². The molecule has 1 N–H and O–H groups in total. The lowest BCUT2D eigenvalue weighted by Gasteiger charge is -2.14. The number of carboxylic acid groups (broad SMARTS) is 1. The third kappa shape index (κ3) is 2.82. The minimum Gasteiger partial charge on any atom is -0.481 e. The molecule has 0 unspecified atom stereocenters. The third-order valence-corrected chi connectivity index (χ3v) is 3.36. The highest BCUT2D eigenvalue weighted by Gasteiger charge is 2.34. The second-order valence-electron chi connectivity index (χ2n) is 4.94. The van der Waals surface area contributed by atoms with Gasteiger partial charge < -0.3 is 5.11 Å². The van der Waals surface area contributed by atoms with E-state index in [1.54, 1.807) is 0 Å². The summed E-state index contributed by atoms with van der Waals surface area (Å²) in [4.78, 5) is 17.5. The zero-order valence-corrected chi connectivity index (χ0v) is 10.3. The summed E-state index contributed by atoms with van der Waals surface area (Å²) >= 11 is 0. The van der Waals surface area contributed by atoms with Gasteiger partial charge in [0.25, 0.3) is 0 Å². The van der Waals surface area contributed by atoms with Crippen molar-refractivity contribution in [3.63, 3.8) is 0 Å². The van der Waals surface area contributed by atoms with E-state index >= 15 is 0 Å². The first-order valence-corrected chi connectivity index (χ1v) is 5.93. The van der Waals surface area contributed by atoms with Gasteiger partial charge in [0.2, 0.25) is 0 Å². The van der Waals surface area contributed by atoms with Gasteiger partial charge in [-0.05, 0) is 24.5 Å². The summed E-state index contributed by atoms with van der Waals surface area (Å²) in [6, 6.07) is 4.05. The molecule has 2 atom stereocenters. The maximum absolute atomic E-state index is 11.0. The Hall–Kier alpha value is -1.42. The number of likely N-dealkylation sites (tertiary alicyclic amines) is 1. The fourth-order valence-corrected chi connectivity index (χ4v) is 2.34. The van der Waals surface area contributed by atoms with Crippen molar-refractivity contribution in [3.8, 4) is 0 Å². The molecule has 0 saturated carbocycles. The lowest BCUT2D eigenvalue weighted by Crippen LogP contribution is -2.23. The Balaban J connectivity index is 1.97. The van der Waals surface area contributed by atoms with Gasteiger partial charge in [0.1, 0.15) is 0 Å². The summed E-state index contributed by atoms with van der Waals surface area (Å²) in [5.41, 5.74) is 2.15. The number of rotatable bonds is 3. The van der Waals surface area contributed by atoms with Crippen LogP contribution >= 0.6 is 0 Å². The SMILES string of the molecule is Cc1ccc(CN2C[C@@H](C)[C@H](C(=O)O)C2)nc1. The van der Waals surface area contributed by atoms with Gasteiger partial charge in [-0.3, -0.25) is 14.7 Å². The van der Waals surface area contributed by atoms with Crippen LogP contribution in [-0.2, 0) is 11.3 Å². The van der Waals surface area contributed by atoms with E-state index in [1.807, 2.05) is 32.2 Å². The standard InChI is InChI=1S/C13H18N2O2/c1-9-3-4-11(14-5-9)7-15-6-10(2)12(8-15)13(16)17/h3-5,10,12H,6-8H2,1-2H3,(H,16,17)/t10-,12-/m1/s1. The van der Waals surface area contributed by atoms with E-state index in [-0.39, 0.29) is 11.8 Å². The van der Waals surface area contributed by atoms with Crippen molar-refractivity contribution in [1.82, 2.24) is 9.88 Å². The number of aliphatic carboxylic acids is 1. The monoisotopic (exact) mass is 234 g/mol. The minimum atomic E-state index is -0.683. The molecule has 1 fully saturated rings. The van der Waals surface area contributed by atoms with E-state index in [0.717, 1.165) is 24.3 Å². The summed E-state index contributed by atoms with van der Waals surface area (Å²) in [5.74, 6) is -0.699. The second kappa shape index (κ2) is 4.84. The van der Waals surface area contributed by atoms with Crippen molar-refractivity contribution < 1.29 is 9.90 Å². The maximum atomic E-state index is 11.0. The molecular weight excluding hydrogens is 216 g/mol. The van der Waals surface area contributed by atoms with Crippen molar-refractivity contribution in [1.29, 1.82) is 0 Å². The van der Waals surface area contributed by atoms with E-state index in [2.05, 4.69) is 9.88 Å². The quantitative estimate of drug-likeness (QED) is 0.862. The largest absolute Gasteiger partial charge is 0.481 e. The molecule has 0 radical (unpaired) electrons. The molecule has 2 rings (SSSR count). The number of aromatic nitrogens is 1. The molecule has 92 valence electrons. The summed E-state index contributed by atoms with van der Waals surface area (Å²) in [6.45, 7) is 6.23. The molecule has 0 amide bonds. The molecule has 2 heterocycles. The van der Waals surface area contributed by atoms with Gasteiger partial charge in [-0.2, -0.15) is 0 Å². The smallest absolute Gasteiger partial charge is 0.308 e. The summed E-state index contributed by atoms with van der Waals surface area (Å²) in [5, 5.41) is 9.06. The lowest BCUT2D eigenvalue weighted by molar-refractivity contribution is -0.142. The van der Waals surface area contributed by atoms with Gasteiger partial charge in [-0.1, -0.05) is 13.0 Å². The molecule has 1 aromatic heterocycles. The number of aryl methyl sites for hydroxylation is 1. The normalized spacial score (nSPS) is 25.1. The van der Waals surface area contributed by atoms with Crippen LogP contribution in [0.25, 0.3) is 0 Å². The highest BCUT2D eigenvalue weighted by molar-refractivity contribution is 5.71. The van der Waals surface area contributed by atoms with Crippen LogP contribution in [0, 0.1) is 18.8 Å². The molecule has 1 aliphatic heterocycles. The first-order valence-electron chi connectivity index (χ1n) is 5.93. The number of nitrogens with zero attached hydrogens (tertiary/aromatic N) is 2. The number of carboxylic acids is 1. The Morgan fingerprint density at radius 3 is 2.82 bits per heavy atom. The van der Waals surface area contributed by atoms with Gasteiger partial charge in [0.15, 0.2) is 0 Å². The minimum absolute atomic E-state index is 0.220. The average molecular weight is 234 g/mol. The molecule has 1 aromatic rings. The van der Waals surface area contributed by atoms with Crippen molar-refractivity contribution in [2.75, 3.05) is 13.1 Å². The van der Waals surface area contributed by atoms with Crippen LogP contribution in [0.5, 0.6) is 0 Å². The predicted molar refractivity (Wildman–Crippen MR) is 64.5 cm³/mol. The Kier molecular flexibility index (Phi) is 3.43. The molecule has 17 heavy (non-hydrogen) atoms. The van der Waals surface area contributed by atoms with Gasteiger partial charge in [-0.15, -0.1) is 0 Å². The number of carbonyl (C=O) groups is 1. The molecule has 1 aliphatic rings. The fraction of sp³-hybridized carbons (Fsp3) is 0.538. The van der Waals surface area contributed by atoms with Crippen LogP contribution in [0.2, 0.25) is 0 Å². The zero-order chi connectivity index (χ0) is 12.4. The summed E-state index contributed by atoms with van der Waals surface area (Å²) in [7, 11) is 0. The lowest BCUT2D eigenvalue weighted by atomic mass is 9.99. The van der Waals surface area contributed by atoms with Gasteiger partial charge in [0, 0.05) is 25.8 Å². The number of hydrogen-bond donors (Lipinski definition) is 1. The molecule has 0 bridgehead atoms. The second-order valence-corrected chi connectivity index (χ2v) is 4.94. The first kappa shape index (κ1) is 12.0. The van der Waals surface area contributed by atoms with Crippen LogP contribution in [0.1, 0.15) is 18.2 Å². The van der Waals surface area contributed by atoms with Crippen molar-refractivity contribution in [3.05, 3.63) is 29.6 Å². The summed E-state index contributed by atoms with van der Waals surface area (Å²) in [6.07, 6.45) is 1.85. The Bertz CT molecular complexity index is 402. The molecule has 0 spiro atoms. The van der Waals surface area contributed by atoms with Crippen LogP contribution in [-0.4, -0.2) is 34.0 Å². The highest BCUT2D eigenvalue weighted by atomic mass is 16.4. The first-order chi connectivity index (χ1) is 8.06. The Morgan fingerprint density at radius 2 is 2.29 bits per heavy atom.